The van der Waals surface area contributed by atoms with Crippen molar-refractivity contribution in [2.45, 2.75) is 50.1 Å². The molecule has 0 aliphatic heterocycles. The number of hydrogen-bond donors (Lipinski definition) is 1. The van der Waals surface area contributed by atoms with Crippen molar-refractivity contribution in [3.05, 3.63) is 28.8 Å². The Bertz CT molecular complexity index is 585. The lowest BCUT2D eigenvalue weighted by Gasteiger charge is -2.22. The Kier molecular flexibility index (Phi) is 5.66. The molecule has 0 spiro atoms. The second kappa shape index (κ2) is 7.09. The zero-order valence-corrected chi connectivity index (χ0v) is 14.2. The van der Waals surface area contributed by atoms with Crippen LogP contribution in [0, 0.1) is 0 Å². The van der Waals surface area contributed by atoms with Gasteiger partial charge in [-0.15, -0.1) is 0 Å². The van der Waals surface area contributed by atoms with Crippen LogP contribution in [-0.2, 0) is 16.6 Å². The SMILES string of the molecule is CCCCN(C1CC1)S(=O)(=O)c1ccc(CNC)c(Cl)c1. The number of sulfonamides is 1. The van der Waals surface area contributed by atoms with Gasteiger partial charge in [0.2, 0.25) is 10.0 Å². The number of benzene rings is 1. The first-order valence-corrected chi connectivity index (χ1v) is 9.27. The molecule has 1 aliphatic rings. The van der Waals surface area contributed by atoms with Gasteiger partial charge in [0.15, 0.2) is 0 Å². The summed E-state index contributed by atoms with van der Waals surface area (Å²) in [5.74, 6) is 0. The van der Waals surface area contributed by atoms with Crippen LogP contribution in [-0.4, -0.2) is 32.4 Å². The van der Waals surface area contributed by atoms with Crippen LogP contribution in [0.3, 0.4) is 0 Å². The molecule has 1 aromatic rings. The monoisotopic (exact) mass is 330 g/mol. The minimum atomic E-state index is -3.44. The van der Waals surface area contributed by atoms with Crippen LogP contribution in [0.4, 0.5) is 0 Å². The van der Waals surface area contributed by atoms with Crippen molar-refractivity contribution in [1.29, 1.82) is 0 Å². The lowest BCUT2D eigenvalue weighted by Crippen LogP contribution is -2.34. The molecule has 0 atom stereocenters. The fourth-order valence-corrected chi connectivity index (χ4v) is 4.40. The van der Waals surface area contributed by atoms with Crippen LogP contribution in [0.25, 0.3) is 0 Å². The maximum atomic E-state index is 12.8. The van der Waals surface area contributed by atoms with Gasteiger partial charge in [-0.25, -0.2) is 8.42 Å². The van der Waals surface area contributed by atoms with Gasteiger partial charge in [-0.05, 0) is 44.0 Å². The van der Waals surface area contributed by atoms with E-state index >= 15 is 0 Å². The zero-order valence-electron chi connectivity index (χ0n) is 12.6. The van der Waals surface area contributed by atoms with Crippen molar-refractivity contribution in [3.63, 3.8) is 0 Å². The highest BCUT2D eigenvalue weighted by atomic mass is 35.5. The first-order valence-electron chi connectivity index (χ1n) is 7.45. The zero-order chi connectivity index (χ0) is 15.5. The van der Waals surface area contributed by atoms with Crippen molar-refractivity contribution in [2.24, 2.45) is 0 Å². The predicted molar refractivity (Wildman–Crippen MR) is 86.0 cm³/mol. The number of nitrogens with one attached hydrogen (secondary N) is 1. The number of unbranched alkanes of at least 4 members (excludes halogenated alkanes) is 1. The van der Waals surface area contributed by atoms with E-state index in [4.69, 9.17) is 11.6 Å². The molecule has 0 aromatic heterocycles. The van der Waals surface area contributed by atoms with Gasteiger partial charge < -0.3 is 5.32 Å². The second-order valence-corrected chi connectivity index (χ2v) is 7.78. The molecule has 2 rings (SSSR count). The van der Waals surface area contributed by atoms with E-state index in [9.17, 15) is 8.42 Å². The van der Waals surface area contributed by atoms with Gasteiger partial charge in [0, 0.05) is 24.2 Å². The topological polar surface area (TPSA) is 49.4 Å². The molecule has 0 bridgehead atoms. The Hall–Kier alpha value is -0.620. The van der Waals surface area contributed by atoms with Crippen molar-refractivity contribution < 1.29 is 8.42 Å². The third-order valence-corrected chi connectivity index (χ3v) is 5.98. The van der Waals surface area contributed by atoms with Crippen LogP contribution < -0.4 is 5.32 Å². The van der Waals surface area contributed by atoms with E-state index < -0.39 is 10.0 Å². The molecule has 1 aliphatic carbocycles. The highest BCUT2D eigenvalue weighted by molar-refractivity contribution is 7.89. The summed E-state index contributed by atoms with van der Waals surface area (Å²) in [6.07, 6.45) is 3.81. The number of rotatable bonds is 8. The maximum Gasteiger partial charge on any atom is 0.243 e. The molecular weight excluding hydrogens is 308 g/mol. The van der Waals surface area contributed by atoms with E-state index in [1.165, 1.54) is 0 Å². The number of nitrogens with zero attached hydrogens (tertiary/aromatic N) is 1. The van der Waals surface area contributed by atoms with E-state index in [0.29, 0.717) is 23.0 Å². The summed E-state index contributed by atoms with van der Waals surface area (Å²) in [6, 6.07) is 5.20. The first kappa shape index (κ1) is 16.7. The fraction of sp³-hybridized carbons (Fsp3) is 0.600. The minimum Gasteiger partial charge on any atom is -0.316 e. The molecule has 21 heavy (non-hydrogen) atoms. The Morgan fingerprint density at radius 1 is 1.38 bits per heavy atom. The molecule has 4 nitrogen and oxygen atoms in total. The maximum absolute atomic E-state index is 12.8. The summed E-state index contributed by atoms with van der Waals surface area (Å²) in [7, 11) is -1.60. The predicted octanol–water partition coefficient (Wildman–Crippen LogP) is 3.01. The van der Waals surface area contributed by atoms with Crippen molar-refractivity contribution >= 4 is 21.6 Å². The van der Waals surface area contributed by atoms with Gasteiger partial charge in [-0.2, -0.15) is 4.31 Å². The van der Waals surface area contributed by atoms with Gasteiger partial charge >= 0.3 is 0 Å². The lowest BCUT2D eigenvalue weighted by atomic mass is 10.2. The Labute approximate surface area is 132 Å². The van der Waals surface area contributed by atoms with E-state index in [0.717, 1.165) is 31.2 Å². The van der Waals surface area contributed by atoms with E-state index in [2.05, 4.69) is 12.2 Å². The second-order valence-electron chi connectivity index (χ2n) is 5.48. The molecule has 1 aromatic carbocycles. The van der Waals surface area contributed by atoms with Gasteiger partial charge in [0.25, 0.3) is 0 Å². The Balaban J connectivity index is 2.26. The van der Waals surface area contributed by atoms with Crippen molar-refractivity contribution in [3.8, 4) is 0 Å². The smallest absolute Gasteiger partial charge is 0.243 e. The first-order chi connectivity index (χ1) is 10.0. The van der Waals surface area contributed by atoms with E-state index in [-0.39, 0.29) is 6.04 Å². The van der Waals surface area contributed by atoms with Crippen molar-refractivity contribution in [1.82, 2.24) is 9.62 Å². The van der Waals surface area contributed by atoms with Crippen LogP contribution in [0.1, 0.15) is 38.2 Å². The van der Waals surface area contributed by atoms with Gasteiger partial charge in [-0.3, -0.25) is 0 Å². The number of halogens is 1. The van der Waals surface area contributed by atoms with E-state index in [1.807, 2.05) is 7.05 Å². The summed E-state index contributed by atoms with van der Waals surface area (Å²) in [5.41, 5.74) is 0.907. The lowest BCUT2D eigenvalue weighted by molar-refractivity contribution is 0.395. The van der Waals surface area contributed by atoms with Crippen LogP contribution in [0.5, 0.6) is 0 Å². The normalized spacial score (nSPS) is 15.6. The van der Waals surface area contributed by atoms with E-state index in [1.54, 1.807) is 22.5 Å². The quantitative estimate of drug-likeness (QED) is 0.797. The van der Waals surface area contributed by atoms with Gasteiger partial charge in [-0.1, -0.05) is 31.0 Å². The molecular formula is C15H23ClN2O2S. The molecule has 0 saturated heterocycles. The average molecular weight is 331 g/mol. The third-order valence-electron chi connectivity index (χ3n) is 3.68. The summed E-state index contributed by atoms with van der Waals surface area (Å²) >= 11 is 6.20. The summed E-state index contributed by atoms with van der Waals surface area (Å²) in [6.45, 7) is 3.29. The Morgan fingerprint density at radius 3 is 2.62 bits per heavy atom. The van der Waals surface area contributed by atoms with Crippen LogP contribution in [0.2, 0.25) is 5.02 Å². The molecule has 6 heteroatoms. The van der Waals surface area contributed by atoms with Crippen LogP contribution >= 0.6 is 11.6 Å². The highest BCUT2D eigenvalue weighted by Crippen LogP contribution is 2.33. The van der Waals surface area contributed by atoms with Gasteiger partial charge in [0.1, 0.15) is 0 Å². The molecule has 118 valence electrons. The van der Waals surface area contributed by atoms with Crippen LogP contribution in [0.15, 0.2) is 23.1 Å². The number of hydrogen-bond acceptors (Lipinski definition) is 3. The summed E-state index contributed by atoms with van der Waals surface area (Å²) < 4.78 is 27.2. The highest BCUT2D eigenvalue weighted by Gasteiger charge is 2.37. The summed E-state index contributed by atoms with van der Waals surface area (Å²) in [5, 5.41) is 3.51. The fourth-order valence-electron chi connectivity index (χ4n) is 2.33. The largest absolute Gasteiger partial charge is 0.316 e. The third kappa shape index (κ3) is 3.97. The minimum absolute atomic E-state index is 0.178. The van der Waals surface area contributed by atoms with Gasteiger partial charge in [0.05, 0.1) is 4.90 Å². The molecule has 0 unspecified atom stereocenters. The van der Waals surface area contributed by atoms with Crippen molar-refractivity contribution in [2.75, 3.05) is 13.6 Å². The molecule has 0 radical (unpaired) electrons. The Morgan fingerprint density at radius 2 is 2.10 bits per heavy atom. The molecule has 1 N–H and O–H groups in total. The molecule has 0 amide bonds. The molecule has 0 heterocycles. The molecule has 1 fully saturated rings. The average Bonchev–Trinajstić information content (AvgIpc) is 3.26. The summed E-state index contributed by atoms with van der Waals surface area (Å²) in [4.78, 5) is 0.301. The molecule has 1 saturated carbocycles. The standard InChI is InChI=1S/C15H23ClN2O2S/c1-3-4-9-18(13-6-7-13)21(19,20)14-8-5-12(11-17-2)15(16)10-14/h5,8,10,13,17H,3-4,6-7,9,11H2,1-2H3.